The van der Waals surface area contributed by atoms with Crippen LogP contribution >= 0.6 is 0 Å². The summed E-state index contributed by atoms with van der Waals surface area (Å²) in [4.78, 5) is 43.6. The minimum absolute atomic E-state index is 0.150. The lowest BCUT2D eigenvalue weighted by Gasteiger charge is -2.25. The Balaban J connectivity index is 1.93. The van der Waals surface area contributed by atoms with Gasteiger partial charge in [0.2, 0.25) is 5.91 Å². The number of Topliss-reactive ketones (excluding diaryl/α,β-unsaturated/α-hetero) is 1. The molecule has 2 N–H and O–H groups in total. The van der Waals surface area contributed by atoms with Crippen LogP contribution < -0.4 is 19.7 Å². The fraction of sp³-hybridized carbons (Fsp3) is 0.154. The second-order valence-corrected chi connectivity index (χ2v) is 7.69. The molecule has 1 fully saturated rings. The number of methoxy groups -OCH3 is 2. The van der Waals surface area contributed by atoms with Crippen LogP contribution in [0.4, 0.5) is 11.4 Å². The molecule has 1 aliphatic heterocycles. The molecule has 1 unspecified atom stereocenters. The molecule has 3 aromatic rings. The second kappa shape index (κ2) is 9.68. The van der Waals surface area contributed by atoms with Gasteiger partial charge < -0.3 is 19.9 Å². The highest BCUT2D eigenvalue weighted by molar-refractivity contribution is 6.51. The average molecular weight is 473 g/mol. The molecule has 0 spiro atoms. The summed E-state index contributed by atoms with van der Waals surface area (Å²) in [6.45, 7) is 1.39. The van der Waals surface area contributed by atoms with Gasteiger partial charge in [-0.1, -0.05) is 12.1 Å². The SMILES string of the molecule is COc1cccc(OC)c1/C(O)=C1\C(=O)C(=O)N(c2ccc(NC(C)=O)cc2)C1c1ccccn1. The van der Waals surface area contributed by atoms with Gasteiger partial charge in [0.1, 0.15) is 28.9 Å². The zero-order valence-electron chi connectivity index (χ0n) is 19.3. The molecule has 2 amide bonds. The van der Waals surface area contributed by atoms with Crippen molar-refractivity contribution in [2.75, 3.05) is 24.4 Å². The smallest absolute Gasteiger partial charge is 0.300 e. The highest BCUT2D eigenvalue weighted by Crippen LogP contribution is 2.44. The molecule has 1 aliphatic rings. The summed E-state index contributed by atoms with van der Waals surface area (Å²) in [6, 6.07) is 15.5. The van der Waals surface area contributed by atoms with Gasteiger partial charge in [-0.15, -0.1) is 0 Å². The van der Waals surface area contributed by atoms with E-state index in [1.54, 1.807) is 66.9 Å². The number of rotatable bonds is 6. The fourth-order valence-electron chi connectivity index (χ4n) is 4.04. The molecule has 1 atom stereocenters. The third-order valence-corrected chi connectivity index (χ3v) is 5.54. The van der Waals surface area contributed by atoms with Crippen LogP contribution in [0.5, 0.6) is 11.5 Å². The van der Waals surface area contributed by atoms with Crippen LogP contribution in [0, 0.1) is 0 Å². The number of hydrogen-bond acceptors (Lipinski definition) is 7. The fourth-order valence-corrected chi connectivity index (χ4v) is 4.04. The number of pyridine rings is 1. The Morgan fingerprint density at radius 3 is 2.17 bits per heavy atom. The van der Waals surface area contributed by atoms with E-state index in [1.165, 1.54) is 26.0 Å². The number of hydrogen-bond donors (Lipinski definition) is 2. The third kappa shape index (κ3) is 4.31. The quantitative estimate of drug-likeness (QED) is 0.318. The maximum atomic E-state index is 13.3. The number of ether oxygens (including phenoxy) is 2. The van der Waals surface area contributed by atoms with Crippen LogP contribution in [0.1, 0.15) is 24.2 Å². The van der Waals surface area contributed by atoms with Gasteiger partial charge in [0.25, 0.3) is 11.7 Å². The Hall–Kier alpha value is -4.66. The monoisotopic (exact) mass is 473 g/mol. The topological polar surface area (TPSA) is 118 Å². The standard InChI is InChI=1S/C26H23N3O6/c1-15(30)28-16-10-12-17(13-11-16)29-23(18-7-4-5-14-27-18)22(25(32)26(29)33)24(31)21-19(34-2)8-6-9-20(21)35-3/h4-14,23,31H,1-3H3,(H,28,30)/b24-22+. The van der Waals surface area contributed by atoms with Crippen LogP contribution in [0.15, 0.2) is 72.4 Å². The molecular formula is C26H23N3O6. The number of aromatic nitrogens is 1. The van der Waals surface area contributed by atoms with Gasteiger partial charge in [-0.05, 0) is 48.5 Å². The molecule has 0 saturated carbocycles. The summed E-state index contributed by atoms with van der Waals surface area (Å²) in [5.74, 6) is -1.84. The first-order chi connectivity index (χ1) is 16.9. The number of aliphatic hydroxyl groups excluding tert-OH is 1. The molecule has 4 rings (SSSR count). The predicted molar refractivity (Wildman–Crippen MR) is 129 cm³/mol. The Morgan fingerprint density at radius 2 is 1.63 bits per heavy atom. The lowest BCUT2D eigenvalue weighted by molar-refractivity contribution is -0.132. The maximum absolute atomic E-state index is 13.3. The highest BCUT2D eigenvalue weighted by atomic mass is 16.5. The molecule has 0 aliphatic carbocycles. The molecule has 2 heterocycles. The Labute approximate surface area is 201 Å². The Morgan fingerprint density at radius 1 is 0.971 bits per heavy atom. The maximum Gasteiger partial charge on any atom is 0.300 e. The van der Waals surface area contributed by atoms with E-state index in [1.807, 2.05) is 0 Å². The van der Waals surface area contributed by atoms with Gasteiger partial charge in [-0.3, -0.25) is 24.3 Å². The van der Waals surface area contributed by atoms with E-state index in [4.69, 9.17) is 9.47 Å². The largest absolute Gasteiger partial charge is 0.506 e. The number of carbonyl (C=O) groups excluding carboxylic acids is 3. The molecule has 35 heavy (non-hydrogen) atoms. The number of benzene rings is 2. The summed E-state index contributed by atoms with van der Waals surface area (Å²) in [5.41, 5.74) is 1.31. The number of amides is 2. The summed E-state index contributed by atoms with van der Waals surface area (Å²) in [5, 5.41) is 14.1. The molecule has 0 bridgehead atoms. The minimum Gasteiger partial charge on any atom is -0.506 e. The van der Waals surface area contributed by atoms with E-state index in [-0.39, 0.29) is 28.5 Å². The number of anilines is 2. The van der Waals surface area contributed by atoms with E-state index >= 15 is 0 Å². The zero-order chi connectivity index (χ0) is 25.1. The minimum atomic E-state index is -1.02. The first-order valence-electron chi connectivity index (χ1n) is 10.7. The van der Waals surface area contributed by atoms with Gasteiger partial charge in [0.05, 0.1) is 25.5 Å². The van der Waals surface area contributed by atoms with E-state index < -0.39 is 23.5 Å². The lowest BCUT2D eigenvalue weighted by Crippen LogP contribution is -2.29. The molecular weight excluding hydrogens is 450 g/mol. The van der Waals surface area contributed by atoms with Crippen LogP contribution in [0.25, 0.3) is 5.76 Å². The predicted octanol–water partition coefficient (Wildman–Crippen LogP) is 3.68. The van der Waals surface area contributed by atoms with Crippen LogP contribution in [-0.2, 0) is 14.4 Å². The molecule has 1 aromatic heterocycles. The third-order valence-electron chi connectivity index (χ3n) is 5.54. The summed E-state index contributed by atoms with van der Waals surface area (Å²) < 4.78 is 10.8. The van der Waals surface area contributed by atoms with Crippen molar-refractivity contribution < 1.29 is 29.0 Å². The molecule has 1 saturated heterocycles. The van der Waals surface area contributed by atoms with Crippen molar-refractivity contribution in [3.8, 4) is 11.5 Å². The summed E-state index contributed by atoms with van der Waals surface area (Å²) in [6.07, 6.45) is 1.54. The molecule has 2 aromatic carbocycles. The van der Waals surface area contributed by atoms with Crippen molar-refractivity contribution in [2.24, 2.45) is 0 Å². The van der Waals surface area contributed by atoms with Crippen molar-refractivity contribution in [3.63, 3.8) is 0 Å². The van der Waals surface area contributed by atoms with Gasteiger partial charge in [0.15, 0.2) is 0 Å². The van der Waals surface area contributed by atoms with Gasteiger partial charge in [-0.2, -0.15) is 0 Å². The summed E-state index contributed by atoms with van der Waals surface area (Å²) >= 11 is 0. The number of aliphatic hydroxyl groups is 1. The zero-order valence-corrected chi connectivity index (χ0v) is 19.3. The van der Waals surface area contributed by atoms with Crippen molar-refractivity contribution in [2.45, 2.75) is 13.0 Å². The molecule has 9 heteroatoms. The summed E-state index contributed by atoms with van der Waals surface area (Å²) in [7, 11) is 2.86. The van der Waals surface area contributed by atoms with Gasteiger partial charge in [0, 0.05) is 24.5 Å². The molecule has 0 radical (unpaired) electrons. The van der Waals surface area contributed by atoms with Gasteiger partial charge >= 0.3 is 0 Å². The Bertz CT molecular complexity index is 1300. The van der Waals surface area contributed by atoms with Crippen molar-refractivity contribution in [3.05, 3.63) is 83.7 Å². The van der Waals surface area contributed by atoms with Crippen molar-refractivity contribution >= 4 is 34.7 Å². The molecule has 178 valence electrons. The average Bonchev–Trinajstić information content (AvgIpc) is 3.14. The second-order valence-electron chi connectivity index (χ2n) is 7.69. The number of carbonyl (C=O) groups is 3. The van der Waals surface area contributed by atoms with E-state index in [0.29, 0.717) is 17.1 Å². The van der Waals surface area contributed by atoms with E-state index in [0.717, 1.165) is 0 Å². The Kier molecular flexibility index (Phi) is 6.50. The number of nitrogens with zero attached hydrogens (tertiary/aromatic N) is 2. The lowest BCUT2D eigenvalue weighted by atomic mass is 9.97. The first kappa shape index (κ1) is 23.5. The van der Waals surface area contributed by atoms with Gasteiger partial charge in [-0.25, -0.2) is 0 Å². The van der Waals surface area contributed by atoms with E-state index in [2.05, 4.69) is 10.3 Å². The van der Waals surface area contributed by atoms with Crippen molar-refractivity contribution in [1.82, 2.24) is 4.98 Å². The van der Waals surface area contributed by atoms with Crippen LogP contribution in [-0.4, -0.2) is 41.9 Å². The highest BCUT2D eigenvalue weighted by Gasteiger charge is 2.48. The number of ketones is 1. The van der Waals surface area contributed by atoms with E-state index in [9.17, 15) is 19.5 Å². The van der Waals surface area contributed by atoms with Crippen LogP contribution in [0.2, 0.25) is 0 Å². The molecule has 9 nitrogen and oxygen atoms in total. The first-order valence-corrected chi connectivity index (χ1v) is 10.7. The normalized spacial score (nSPS) is 16.8. The number of nitrogens with one attached hydrogen (secondary N) is 1. The van der Waals surface area contributed by atoms with Crippen LogP contribution in [0.3, 0.4) is 0 Å². The van der Waals surface area contributed by atoms with Crippen molar-refractivity contribution in [1.29, 1.82) is 0 Å².